The van der Waals surface area contributed by atoms with Gasteiger partial charge in [-0.05, 0) is 55.0 Å². The number of aromatic nitrogens is 2. The van der Waals surface area contributed by atoms with E-state index in [-0.39, 0.29) is 18.3 Å². The van der Waals surface area contributed by atoms with Crippen LogP contribution in [-0.4, -0.2) is 15.7 Å². The predicted octanol–water partition coefficient (Wildman–Crippen LogP) is 6.60. The Kier molecular flexibility index (Phi) is 6.87. The van der Waals surface area contributed by atoms with E-state index >= 15 is 0 Å². The summed E-state index contributed by atoms with van der Waals surface area (Å²) in [5.41, 5.74) is 4.56. The molecular formula is C29H24ClN3O3. The van der Waals surface area contributed by atoms with E-state index in [2.05, 4.69) is 5.32 Å². The second kappa shape index (κ2) is 10.5. The average Bonchev–Trinajstić information content (AvgIpc) is 3.57. The van der Waals surface area contributed by atoms with Crippen LogP contribution in [-0.2, 0) is 13.2 Å². The third-order valence-electron chi connectivity index (χ3n) is 5.69. The van der Waals surface area contributed by atoms with Gasteiger partial charge in [0.1, 0.15) is 18.1 Å². The van der Waals surface area contributed by atoms with E-state index in [0.717, 1.165) is 28.1 Å². The molecule has 1 N–H and O–H groups in total. The normalized spacial score (nSPS) is 10.8. The molecule has 2 heterocycles. The fourth-order valence-corrected chi connectivity index (χ4v) is 3.91. The van der Waals surface area contributed by atoms with Crippen molar-refractivity contribution in [1.29, 1.82) is 0 Å². The van der Waals surface area contributed by atoms with Crippen molar-refractivity contribution in [3.63, 3.8) is 0 Å². The second-order valence-corrected chi connectivity index (χ2v) is 8.70. The number of benzene rings is 3. The lowest BCUT2D eigenvalue weighted by Gasteiger charge is -2.06. The number of amides is 1. The van der Waals surface area contributed by atoms with Crippen LogP contribution >= 0.6 is 11.6 Å². The zero-order chi connectivity index (χ0) is 24.9. The molecule has 1 amide bonds. The molecule has 0 atom stereocenters. The van der Waals surface area contributed by atoms with Crippen LogP contribution in [0.4, 0.5) is 0 Å². The minimum absolute atomic E-state index is 0.205. The second-order valence-electron chi connectivity index (χ2n) is 8.30. The first-order chi connectivity index (χ1) is 17.6. The number of hydrogen-bond acceptors (Lipinski definition) is 4. The van der Waals surface area contributed by atoms with Gasteiger partial charge in [-0.2, -0.15) is 5.10 Å². The van der Waals surface area contributed by atoms with Crippen molar-refractivity contribution >= 4 is 17.5 Å². The van der Waals surface area contributed by atoms with Gasteiger partial charge in [-0.25, -0.2) is 4.68 Å². The summed E-state index contributed by atoms with van der Waals surface area (Å²) in [6.07, 6.45) is 1.94. The fourth-order valence-electron chi connectivity index (χ4n) is 3.79. The number of nitrogens with one attached hydrogen (secondary N) is 1. The van der Waals surface area contributed by atoms with Gasteiger partial charge >= 0.3 is 0 Å². The van der Waals surface area contributed by atoms with Gasteiger partial charge in [-0.3, -0.25) is 4.79 Å². The highest BCUT2D eigenvalue weighted by Gasteiger charge is 2.16. The zero-order valence-electron chi connectivity index (χ0n) is 19.6. The Labute approximate surface area is 214 Å². The maximum absolute atomic E-state index is 12.8. The lowest BCUT2D eigenvalue weighted by Crippen LogP contribution is -2.22. The maximum atomic E-state index is 12.8. The summed E-state index contributed by atoms with van der Waals surface area (Å²) in [5.74, 6) is 1.14. The molecule has 36 heavy (non-hydrogen) atoms. The number of halogens is 1. The van der Waals surface area contributed by atoms with Crippen LogP contribution in [0.3, 0.4) is 0 Å². The number of rotatable bonds is 8. The van der Waals surface area contributed by atoms with Crippen molar-refractivity contribution in [2.24, 2.45) is 0 Å². The van der Waals surface area contributed by atoms with Gasteiger partial charge in [0.05, 0.1) is 11.4 Å². The minimum Gasteiger partial charge on any atom is -0.486 e. The van der Waals surface area contributed by atoms with Crippen molar-refractivity contribution in [2.75, 3.05) is 0 Å². The SMILES string of the molecule is Cc1cc(OCc2ccc(C(=O)NCc3cn(-c4ccccc4)nc3-c3ccccc3)o2)ccc1Cl. The highest BCUT2D eigenvalue weighted by molar-refractivity contribution is 6.31. The Bertz CT molecular complexity index is 1480. The van der Waals surface area contributed by atoms with E-state index in [4.69, 9.17) is 25.9 Å². The van der Waals surface area contributed by atoms with E-state index in [1.807, 2.05) is 84.5 Å². The summed E-state index contributed by atoms with van der Waals surface area (Å²) < 4.78 is 13.3. The third kappa shape index (κ3) is 5.34. The van der Waals surface area contributed by atoms with Crippen molar-refractivity contribution < 1.29 is 13.9 Å². The van der Waals surface area contributed by atoms with Gasteiger partial charge in [0, 0.05) is 28.9 Å². The van der Waals surface area contributed by atoms with Crippen molar-refractivity contribution in [3.05, 3.63) is 125 Å². The maximum Gasteiger partial charge on any atom is 0.287 e. The summed E-state index contributed by atoms with van der Waals surface area (Å²) in [4.78, 5) is 12.8. The summed E-state index contributed by atoms with van der Waals surface area (Å²) in [6.45, 7) is 2.42. The molecule has 0 saturated heterocycles. The van der Waals surface area contributed by atoms with Crippen LogP contribution in [0.2, 0.25) is 5.02 Å². The molecule has 0 bridgehead atoms. The molecule has 2 aromatic heterocycles. The Morgan fingerprint density at radius 1 is 1.00 bits per heavy atom. The topological polar surface area (TPSA) is 69.3 Å². The van der Waals surface area contributed by atoms with E-state index in [1.165, 1.54) is 0 Å². The van der Waals surface area contributed by atoms with Crippen LogP contribution in [0.15, 0.2) is 102 Å². The number of furan rings is 1. The molecule has 0 unspecified atom stereocenters. The Balaban J connectivity index is 1.27. The number of aryl methyl sites for hydroxylation is 1. The van der Waals surface area contributed by atoms with Crippen LogP contribution in [0.5, 0.6) is 5.75 Å². The Morgan fingerprint density at radius 3 is 2.50 bits per heavy atom. The molecule has 0 fully saturated rings. The standard InChI is InChI=1S/C29H24ClN3O3/c1-20-16-24(12-14-26(20)30)35-19-25-13-15-27(36-25)29(34)31-17-22-18-33(23-10-6-3-7-11-23)32-28(22)21-8-4-2-5-9-21/h2-16,18H,17,19H2,1H3,(H,31,34). The molecule has 180 valence electrons. The first kappa shape index (κ1) is 23.5. The fraction of sp³-hybridized carbons (Fsp3) is 0.103. The smallest absolute Gasteiger partial charge is 0.287 e. The summed E-state index contributed by atoms with van der Waals surface area (Å²) >= 11 is 6.06. The number of hydrogen-bond donors (Lipinski definition) is 1. The molecule has 0 radical (unpaired) electrons. The number of nitrogens with zero attached hydrogens (tertiary/aromatic N) is 2. The van der Waals surface area contributed by atoms with Crippen LogP contribution < -0.4 is 10.1 Å². The number of para-hydroxylation sites is 1. The van der Waals surface area contributed by atoms with Crippen molar-refractivity contribution in [1.82, 2.24) is 15.1 Å². The lowest BCUT2D eigenvalue weighted by molar-refractivity contribution is 0.0919. The molecule has 6 nitrogen and oxygen atoms in total. The average molecular weight is 498 g/mol. The van der Waals surface area contributed by atoms with Gasteiger partial charge in [-0.1, -0.05) is 60.1 Å². The predicted molar refractivity (Wildman–Crippen MR) is 139 cm³/mol. The zero-order valence-corrected chi connectivity index (χ0v) is 20.4. The highest BCUT2D eigenvalue weighted by Crippen LogP contribution is 2.24. The van der Waals surface area contributed by atoms with Crippen LogP contribution in [0.25, 0.3) is 16.9 Å². The summed E-state index contributed by atoms with van der Waals surface area (Å²) in [6, 6.07) is 28.6. The minimum atomic E-state index is -0.310. The molecule has 7 heteroatoms. The molecule has 0 spiro atoms. The molecular weight excluding hydrogens is 474 g/mol. The van der Waals surface area contributed by atoms with E-state index < -0.39 is 0 Å². The Hall–Kier alpha value is -4.29. The number of carbonyl (C=O) groups is 1. The molecule has 0 saturated carbocycles. The number of ether oxygens (including phenoxy) is 1. The molecule has 0 aliphatic carbocycles. The van der Waals surface area contributed by atoms with Crippen molar-refractivity contribution in [2.45, 2.75) is 20.1 Å². The van der Waals surface area contributed by atoms with Gasteiger partial charge in [0.15, 0.2) is 5.76 Å². The molecule has 0 aliphatic heterocycles. The van der Waals surface area contributed by atoms with Gasteiger partial charge in [0.2, 0.25) is 0 Å². The number of carbonyl (C=O) groups excluding carboxylic acids is 1. The van der Waals surface area contributed by atoms with Crippen LogP contribution in [0.1, 0.15) is 27.4 Å². The monoisotopic (exact) mass is 497 g/mol. The van der Waals surface area contributed by atoms with E-state index in [9.17, 15) is 4.79 Å². The van der Waals surface area contributed by atoms with Gasteiger partial charge < -0.3 is 14.5 Å². The van der Waals surface area contributed by atoms with Crippen LogP contribution in [0, 0.1) is 6.92 Å². The first-order valence-electron chi connectivity index (χ1n) is 11.5. The first-order valence-corrected chi connectivity index (χ1v) is 11.9. The van der Waals surface area contributed by atoms with Gasteiger partial charge in [-0.15, -0.1) is 0 Å². The molecule has 3 aromatic carbocycles. The molecule has 5 rings (SSSR count). The summed E-state index contributed by atoms with van der Waals surface area (Å²) in [7, 11) is 0. The third-order valence-corrected chi connectivity index (χ3v) is 6.12. The summed E-state index contributed by atoms with van der Waals surface area (Å²) in [5, 5.41) is 8.42. The van der Waals surface area contributed by atoms with Gasteiger partial charge in [0.25, 0.3) is 5.91 Å². The van der Waals surface area contributed by atoms with E-state index in [1.54, 1.807) is 24.3 Å². The van der Waals surface area contributed by atoms with Crippen molar-refractivity contribution in [3.8, 4) is 22.7 Å². The van der Waals surface area contributed by atoms with E-state index in [0.29, 0.717) is 23.1 Å². The Morgan fingerprint density at radius 2 is 1.75 bits per heavy atom. The highest BCUT2D eigenvalue weighted by atomic mass is 35.5. The molecule has 0 aliphatic rings. The molecule has 5 aromatic rings. The quantitative estimate of drug-likeness (QED) is 0.262. The largest absolute Gasteiger partial charge is 0.486 e. The lowest BCUT2D eigenvalue weighted by atomic mass is 10.1.